The van der Waals surface area contributed by atoms with Crippen LogP contribution in [0.3, 0.4) is 0 Å². The standard InChI is InChI=1S/C14H21N3O2.ClH/c1-2-3-8-16-14(19)12-6-4-11(5-7-12)10-17-13(18)9-15;/h4-7H,2-3,8-10,15H2,1H3,(H,16,19)(H,17,18);1H. The van der Waals surface area contributed by atoms with Gasteiger partial charge in [-0.1, -0.05) is 25.5 Å². The average Bonchev–Trinajstić information content (AvgIpc) is 2.45. The maximum absolute atomic E-state index is 11.7. The summed E-state index contributed by atoms with van der Waals surface area (Å²) in [6.07, 6.45) is 2.04. The lowest BCUT2D eigenvalue weighted by Gasteiger charge is -2.06. The van der Waals surface area contributed by atoms with Crippen molar-refractivity contribution in [3.8, 4) is 0 Å². The molecule has 0 spiro atoms. The smallest absolute Gasteiger partial charge is 0.251 e. The second-order valence-corrected chi connectivity index (χ2v) is 4.29. The van der Waals surface area contributed by atoms with Crippen molar-refractivity contribution in [3.63, 3.8) is 0 Å². The summed E-state index contributed by atoms with van der Waals surface area (Å²) < 4.78 is 0. The molecule has 0 atom stereocenters. The molecule has 1 aromatic carbocycles. The summed E-state index contributed by atoms with van der Waals surface area (Å²) in [5.41, 5.74) is 6.76. The summed E-state index contributed by atoms with van der Waals surface area (Å²) in [5, 5.41) is 5.53. The first kappa shape index (κ1) is 18.4. The summed E-state index contributed by atoms with van der Waals surface area (Å²) in [5.74, 6) is -0.257. The highest BCUT2D eigenvalue weighted by molar-refractivity contribution is 5.94. The van der Waals surface area contributed by atoms with Crippen molar-refractivity contribution in [2.75, 3.05) is 13.1 Å². The van der Waals surface area contributed by atoms with Gasteiger partial charge in [-0.3, -0.25) is 9.59 Å². The molecule has 0 unspecified atom stereocenters. The van der Waals surface area contributed by atoms with E-state index in [-0.39, 0.29) is 30.8 Å². The molecule has 0 aromatic heterocycles. The zero-order chi connectivity index (χ0) is 14.1. The Morgan fingerprint density at radius 2 is 1.80 bits per heavy atom. The van der Waals surface area contributed by atoms with E-state index in [1.54, 1.807) is 12.1 Å². The van der Waals surface area contributed by atoms with Gasteiger partial charge in [0.2, 0.25) is 5.91 Å². The van der Waals surface area contributed by atoms with Crippen LogP contribution in [-0.4, -0.2) is 24.9 Å². The zero-order valence-corrected chi connectivity index (χ0v) is 12.5. The fourth-order valence-electron chi connectivity index (χ4n) is 1.53. The van der Waals surface area contributed by atoms with Crippen molar-refractivity contribution in [1.29, 1.82) is 0 Å². The summed E-state index contributed by atoms with van der Waals surface area (Å²) in [7, 11) is 0. The van der Waals surface area contributed by atoms with Crippen LogP contribution < -0.4 is 16.4 Å². The van der Waals surface area contributed by atoms with Crippen LogP contribution >= 0.6 is 12.4 Å². The number of carbonyl (C=O) groups is 2. The topological polar surface area (TPSA) is 84.2 Å². The molecule has 4 N–H and O–H groups in total. The van der Waals surface area contributed by atoms with E-state index < -0.39 is 0 Å². The van der Waals surface area contributed by atoms with E-state index in [0.717, 1.165) is 18.4 Å². The Morgan fingerprint density at radius 1 is 1.15 bits per heavy atom. The van der Waals surface area contributed by atoms with E-state index in [1.807, 2.05) is 12.1 Å². The first-order valence-electron chi connectivity index (χ1n) is 6.51. The van der Waals surface area contributed by atoms with E-state index >= 15 is 0 Å². The van der Waals surface area contributed by atoms with Crippen molar-refractivity contribution in [2.45, 2.75) is 26.3 Å². The van der Waals surface area contributed by atoms with E-state index in [1.165, 1.54) is 0 Å². The number of hydrogen-bond acceptors (Lipinski definition) is 3. The highest BCUT2D eigenvalue weighted by Gasteiger charge is 2.04. The Bertz CT molecular complexity index is 421. The van der Waals surface area contributed by atoms with Gasteiger partial charge in [-0.05, 0) is 24.1 Å². The van der Waals surface area contributed by atoms with Gasteiger partial charge in [0.25, 0.3) is 5.91 Å². The van der Waals surface area contributed by atoms with Gasteiger partial charge in [0.15, 0.2) is 0 Å². The highest BCUT2D eigenvalue weighted by Crippen LogP contribution is 2.04. The quantitative estimate of drug-likeness (QED) is 0.662. The van der Waals surface area contributed by atoms with Crippen molar-refractivity contribution >= 4 is 24.2 Å². The fourth-order valence-corrected chi connectivity index (χ4v) is 1.53. The van der Waals surface area contributed by atoms with Crippen molar-refractivity contribution < 1.29 is 9.59 Å². The molecule has 0 radical (unpaired) electrons. The Balaban J connectivity index is 0.00000361. The number of unbranched alkanes of at least 4 members (excludes halogenated alkanes) is 1. The Hall–Kier alpha value is -1.59. The summed E-state index contributed by atoms with van der Waals surface area (Å²) >= 11 is 0. The van der Waals surface area contributed by atoms with Crippen molar-refractivity contribution in [1.82, 2.24) is 10.6 Å². The molecule has 1 aromatic rings. The van der Waals surface area contributed by atoms with Crippen LogP contribution in [0, 0.1) is 0 Å². The van der Waals surface area contributed by atoms with Gasteiger partial charge in [-0.25, -0.2) is 0 Å². The molecule has 0 aliphatic heterocycles. The third-order valence-electron chi connectivity index (χ3n) is 2.71. The molecule has 5 nitrogen and oxygen atoms in total. The van der Waals surface area contributed by atoms with Crippen molar-refractivity contribution in [2.24, 2.45) is 5.73 Å². The minimum Gasteiger partial charge on any atom is -0.352 e. The molecule has 0 bridgehead atoms. The van der Waals surface area contributed by atoms with Gasteiger partial charge >= 0.3 is 0 Å². The summed E-state index contributed by atoms with van der Waals surface area (Å²) in [6, 6.07) is 7.16. The molecular weight excluding hydrogens is 278 g/mol. The number of benzene rings is 1. The Kier molecular flexibility index (Phi) is 9.41. The maximum Gasteiger partial charge on any atom is 0.251 e. The SMILES string of the molecule is CCCCNC(=O)c1ccc(CNC(=O)CN)cc1.Cl. The number of rotatable bonds is 7. The van der Waals surface area contributed by atoms with Crippen LogP contribution in [0.2, 0.25) is 0 Å². The van der Waals surface area contributed by atoms with Crippen LogP contribution in [0.5, 0.6) is 0 Å². The second kappa shape index (κ2) is 10.2. The Labute approximate surface area is 125 Å². The van der Waals surface area contributed by atoms with Gasteiger partial charge in [-0.2, -0.15) is 0 Å². The van der Waals surface area contributed by atoms with Crippen LogP contribution in [-0.2, 0) is 11.3 Å². The predicted molar refractivity (Wildman–Crippen MR) is 81.8 cm³/mol. The third kappa shape index (κ3) is 6.54. The molecule has 0 heterocycles. The molecule has 1 rings (SSSR count). The molecule has 0 aliphatic rings. The van der Waals surface area contributed by atoms with E-state index in [2.05, 4.69) is 17.6 Å². The van der Waals surface area contributed by atoms with Gasteiger partial charge in [0.05, 0.1) is 6.54 Å². The van der Waals surface area contributed by atoms with Crippen molar-refractivity contribution in [3.05, 3.63) is 35.4 Å². The number of carbonyl (C=O) groups excluding carboxylic acids is 2. The minimum absolute atomic E-state index is 0. The molecular formula is C14H22ClN3O2. The number of nitrogens with one attached hydrogen (secondary N) is 2. The fraction of sp³-hybridized carbons (Fsp3) is 0.429. The van der Waals surface area contributed by atoms with Crippen LogP contribution in [0.15, 0.2) is 24.3 Å². The van der Waals surface area contributed by atoms with E-state index in [0.29, 0.717) is 18.7 Å². The average molecular weight is 300 g/mol. The first-order chi connectivity index (χ1) is 9.17. The van der Waals surface area contributed by atoms with Crippen LogP contribution in [0.25, 0.3) is 0 Å². The lowest BCUT2D eigenvalue weighted by Crippen LogP contribution is -2.29. The van der Waals surface area contributed by atoms with Gasteiger partial charge in [-0.15, -0.1) is 12.4 Å². The number of nitrogens with two attached hydrogens (primary N) is 1. The summed E-state index contributed by atoms with van der Waals surface area (Å²) in [6.45, 7) is 3.19. The summed E-state index contributed by atoms with van der Waals surface area (Å²) in [4.78, 5) is 22.8. The number of halogens is 1. The van der Waals surface area contributed by atoms with Crippen LogP contribution in [0.1, 0.15) is 35.7 Å². The second-order valence-electron chi connectivity index (χ2n) is 4.29. The molecule has 0 saturated heterocycles. The molecule has 2 amide bonds. The monoisotopic (exact) mass is 299 g/mol. The molecule has 6 heteroatoms. The lowest BCUT2D eigenvalue weighted by atomic mass is 10.1. The highest BCUT2D eigenvalue weighted by atomic mass is 35.5. The van der Waals surface area contributed by atoms with E-state index in [4.69, 9.17) is 5.73 Å². The number of amides is 2. The molecule has 0 aliphatic carbocycles. The third-order valence-corrected chi connectivity index (χ3v) is 2.71. The predicted octanol–water partition coefficient (Wildman–Crippen LogP) is 1.21. The first-order valence-corrected chi connectivity index (χ1v) is 6.51. The minimum atomic E-state index is -0.193. The Morgan fingerprint density at radius 3 is 2.35 bits per heavy atom. The van der Waals surface area contributed by atoms with E-state index in [9.17, 15) is 9.59 Å². The maximum atomic E-state index is 11.7. The zero-order valence-electron chi connectivity index (χ0n) is 11.6. The lowest BCUT2D eigenvalue weighted by molar-refractivity contribution is -0.119. The van der Waals surface area contributed by atoms with Crippen LogP contribution in [0.4, 0.5) is 0 Å². The molecule has 0 fully saturated rings. The normalized spacial score (nSPS) is 9.50. The number of hydrogen-bond donors (Lipinski definition) is 3. The largest absolute Gasteiger partial charge is 0.352 e. The molecule has 0 saturated carbocycles. The molecule has 20 heavy (non-hydrogen) atoms. The van der Waals surface area contributed by atoms with Gasteiger partial charge in [0, 0.05) is 18.7 Å². The molecule has 112 valence electrons. The van der Waals surface area contributed by atoms with Gasteiger partial charge < -0.3 is 16.4 Å². The van der Waals surface area contributed by atoms with Gasteiger partial charge in [0.1, 0.15) is 0 Å².